The molecule has 1 aliphatic carbocycles. The summed E-state index contributed by atoms with van der Waals surface area (Å²) in [5, 5.41) is 3.51. The second-order valence-electron chi connectivity index (χ2n) is 6.70. The van der Waals surface area contributed by atoms with Crippen molar-refractivity contribution in [1.82, 2.24) is 10.2 Å². The summed E-state index contributed by atoms with van der Waals surface area (Å²) in [6.07, 6.45) is 2.51. The average Bonchev–Trinajstić information content (AvgIpc) is 3.26. The van der Waals surface area contributed by atoms with Crippen molar-refractivity contribution < 1.29 is 4.39 Å². The number of hydrogen-bond donors (Lipinski definition) is 1. The normalized spacial score (nSPS) is 27.1. The Bertz CT molecular complexity index is 489. The lowest BCUT2D eigenvalue weighted by atomic mass is 10.1. The Kier molecular flexibility index (Phi) is 4.18. The Morgan fingerprint density at radius 2 is 1.86 bits per heavy atom. The molecule has 1 saturated carbocycles. The van der Waals surface area contributed by atoms with E-state index in [9.17, 15) is 4.39 Å². The molecule has 1 aliphatic heterocycles. The van der Waals surface area contributed by atoms with Gasteiger partial charge in [-0.15, -0.1) is 0 Å². The number of hydrogen-bond acceptors (Lipinski definition) is 3. The molecule has 1 saturated heterocycles. The molecular weight excluding hydrogens is 265 g/mol. The lowest BCUT2D eigenvalue weighted by Crippen LogP contribution is -2.55. The topological polar surface area (TPSA) is 18.5 Å². The third-order valence-electron chi connectivity index (χ3n) is 4.90. The summed E-state index contributed by atoms with van der Waals surface area (Å²) in [5.41, 5.74) is 2.28. The molecule has 2 fully saturated rings. The molecule has 2 atom stereocenters. The van der Waals surface area contributed by atoms with Crippen LogP contribution in [0.1, 0.15) is 32.3 Å². The second-order valence-corrected chi connectivity index (χ2v) is 6.70. The van der Waals surface area contributed by atoms with Crippen molar-refractivity contribution in [3.05, 3.63) is 29.6 Å². The van der Waals surface area contributed by atoms with Gasteiger partial charge in [-0.1, -0.05) is 0 Å². The van der Waals surface area contributed by atoms with Crippen molar-refractivity contribution in [3.8, 4) is 0 Å². The van der Waals surface area contributed by atoms with Crippen LogP contribution in [0.5, 0.6) is 0 Å². The predicted molar refractivity (Wildman–Crippen MR) is 85.2 cm³/mol. The van der Waals surface area contributed by atoms with Crippen LogP contribution < -0.4 is 10.2 Å². The summed E-state index contributed by atoms with van der Waals surface area (Å²) in [7, 11) is 2.19. The minimum absolute atomic E-state index is 0.137. The van der Waals surface area contributed by atoms with Crippen LogP contribution in [0.2, 0.25) is 0 Å². The summed E-state index contributed by atoms with van der Waals surface area (Å²) >= 11 is 0. The molecule has 0 aromatic heterocycles. The highest BCUT2D eigenvalue weighted by Crippen LogP contribution is 2.27. The molecule has 4 heteroatoms. The van der Waals surface area contributed by atoms with Crippen LogP contribution in [0.25, 0.3) is 0 Å². The molecule has 21 heavy (non-hydrogen) atoms. The number of piperazine rings is 1. The molecule has 1 aromatic rings. The summed E-state index contributed by atoms with van der Waals surface area (Å²) in [6, 6.07) is 6.91. The van der Waals surface area contributed by atoms with Gasteiger partial charge in [0.15, 0.2) is 0 Å². The van der Waals surface area contributed by atoms with E-state index >= 15 is 0 Å². The summed E-state index contributed by atoms with van der Waals surface area (Å²) in [4.78, 5) is 4.83. The first-order chi connectivity index (χ1) is 10.0. The third kappa shape index (κ3) is 3.38. The van der Waals surface area contributed by atoms with Gasteiger partial charge in [0.25, 0.3) is 0 Å². The zero-order valence-electron chi connectivity index (χ0n) is 13.3. The highest BCUT2D eigenvalue weighted by Gasteiger charge is 2.28. The minimum Gasteiger partial charge on any atom is -0.368 e. The molecule has 1 heterocycles. The van der Waals surface area contributed by atoms with E-state index < -0.39 is 0 Å². The standard InChI is InChI=1S/C17H26FN3/c1-12-10-21(11-13(2)20(12)3)17-7-4-15(18)8-14(17)9-19-16-5-6-16/h4,7-8,12-13,16,19H,5-6,9-11H2,1-3H3. The maximum atomic E-state index is 13.6. The number of nitrogens with one attached hydrogen (secondary N) is 1. The van der Waals surface area contributed by atoms with Crippen molar-refractivity contribution in [2.75, 3.05) is 25.0 Å². The zero-order chi connectivity index (χ0) is 15.0. The van der Waals surface area contributed by atoms with Crippen molar-refractivity contribution >= 4 is 5.69 Å². The average molecular weight is 291 g/mol. The molecule has 2 unspecified atom stereocenters. The Balaban J connectivity index is 1.79. The highest BCUT2D eigenvalue weighted by molar-refractivity contribution is 5.54. The first-order valence-corrected chi connectivity index (χ1v) is 8.03. The number of anilines is 1. The summed E-state index contributed by atoms with van der Waals surface area (Å²) in [6.45, 7) is 7.29. The lowest BCUT2D eigenvalue weighted by molar-refractivity contribution is 0.170. The van der Waals surface area contributed by atoms with E-state index in [0.717, 1.165) is 25.2 Å². The molecule has 1 N–H and O–H groups in total. The monoisotopic (exact) mass is 291 g/mol. The molecule has 2 aliphatic rings. The van der Waals surface area contributed by atoms with Gasteiger partial charge in [-0.25, -0.2) is 4.39 Å². The van der Waals surface area contributed by atoms with E-state index in [1.807, 2.05) is 6.07 Å². The van der Waals surface area contributed by atoms with Crippen molar-refractivity contribution in [2.45, 2.75) is 51.4 Å². The fourth-order valence-electron chi connectivity index (χ4n) is 3.15. The van der Waals surface area contributed by atoms with Gasteiger partial charge in [-0.2, -0.15) is 0 Å². The molecule has 0 amide bonds. The van der Waals surface area contributed by atoms with Crippen LogP contribution in [0, 0.1) is 5.82 Å². The first kappa shape index (κ1) is 14.8. The van der Waals surface area contributed by atoms with E-state index in [0.29, 0.717) is 18.1 Å². The van der Waals surface area contributed by atoms with Gasteiger partial charge in [0.05, 0.1) is 0 Å². The van der Waals surface area contributed by atoms with Gasteiger partial charge < -0.3 is 10.2 Å². The van der Waals surface area contributed by atoms with Crippen LogP contribution >= 0.6 is 0 Å². The molecule has 3 rings (SSSR count). The predicted octanol–water partition coefficient (Wildman–Crippen LogP) is 2.61. The Labute approximate surface area is 127 Å². The number of halogens is 1. The van der Waals surface area contributed by atoms with E-state index in [2.05, 4.69) is 36.0 Å². The summed E-state index contributed by atoms with van der Waals surface area (Å²) < 4.78 is 13.6. The number of likely N-dealkylation sites (N-methyl/N-ethyl adjacent to an activating group) is 1. The molecule has 116 valence electrons. The van der Waals surface area contributed by atoms with E-state index in [1.54, 1.807) is 12.1 Å². The van der Waals surface area contributed by atoms with Crippen molar-refractivity contribution in [2.24, 2.45) is 0 Å². The fraction of sp³-hybridized carbons (Fsp3) is 0.647. The molecule has 0 spiro atoms. The van der Waals surface area contributed by atoms with Gasteiger partial charge in [-0.05, 0) is 57.5 Å². The lowest BCUT2D eigenvalue weighted by Gasteiger charge is -2.44. The smallest absolute Gasteiger partial charge is 0.123 e. The Hall–Kier alpha value is -1.13. The first-order valence-electron chi connectivity index (χ1n) is 8.03. The van der Waals surface area contributed by atoms with Crippen LogP contribution in [0.15, 0.2) is 18.2 Å². The quantitative estimate of drug-likeness (QED) is 0.920. The SMILES string of the molecule is CC1CN(c2ccc(F)cc2CNC2CC2)CC(C)N1C. The molecule has 0 radical (unpaired) electrons. The largest absolute Gasteiger partial charge is 0.368 e. The fourth-order valence-corrected chi connectivity index (χ4v) is 3.15. The van der Waals surface area contributed by atoms with Gasteiger partial charge >= 0.3 is 0 Å². The Morgan fingerprint density at radius 1 is 1.19 bits per heavy atom. The van der Waals surface area contributed by atoms with Crippen LogP contribution in [0.3, 0.4) is 0 Å². The van der Waals surface area contributed by atoms with E-state index in [1.165, 1.54) is 18.5 Å². The van der Waals surface area contributed by atoms with Crippen LogP contribution in [-0.4, -0.2) is 43.2 Å². The molecule has 3 nitrogen and oxygen atoms in total. The van der Waals surface area contributed by atoms with Crippen LogP contribution in [0.4, 0.5) is 10.1 Å². The zero-order valence-corrected chi connectivity index (χ0v) is 13.3. The summed E-state index contributed by atoms with van der Waals surface area (Å²) in [5.74, 6) is -0.137. The van der Waals surface area contributed by atoms with Gasteiger partial charge in [-0.3, -0.25) is 4.90 Å². The van der Waals surface area contributed by atoms with Crippen molar-refractivity contribution in [1.29, 1.82) is 0 Å². The number of nitrogens with zero attached hydrogens (tertiary/aromatic N) is 2. The Morgan fingerprint density at radius 3 is 2.48 bits per heavy atom. The maximum absolute atomic E-state index is 13.6. The van der Waals surface area contributed by atoms with E-state index in [4.69, 9.17) is 0 Å². The third-order valence-corrected chi connectivity index (χ3v) is 4.90. The second kappa shape index (κ2) is 5.93. The van der Waals surface area contributed by atoms with Gasteiger partial charge in [0, 0.05) is 43.4 Å². The maximum Gasteiger partial charge on any atom is 0.123 e. The van der Waals surface area contributed by atoms with Crippen LogP contribution in [-0.2, 0) is 6.54 Å². The van der Waals surface area contributed by atoms with Gasteiger partial charge in [0.1, 0.15) is 5.82 Å². The van der Waals surface area contributed by atoms with E-state index in [-0.39, 0.29) is 5.82 Å². The minimum atomic E-state index is -0.137. The number of benzene rings is 1. The molecular formula is C17H26FN3. The van der Waals surface area contributed by atoms with Crippen molar-refractivity contribution in [3.63, 3.8) is 0 Å². The van der Waals surface area contributed by atoms with Gasteiger partial charge in [0.2, 0.25) is 0 Å². The number of rotatable bonds is 4. The molecule has 0 bridgehead atoms. The molecule has 1 aromatic carbocycles. The highest BCUT2D eigenvalue weighted by atomic mass is 19.1.